The van der Waals surface area contributed by atoms with E-state index in [1.807, 2.05) is 12.1 Å². The van der Waals surface area contributed by atoms with Gasteiger partial charge in [0.15, 0.2) is 0 Å². The molecule has 5 heteroatoms. The number of nitrogens with zero attached hydrogens (tertiary/aromatic N) is 1. The topological polar surface area (TPSA) is 32.3 Å². The number of fused-ring (bicyclic) bond motifs is 1. The minimum absolute atomic E-state index is 0.148. The summed E-state index contributed by atoms with van der Waals surface area (Å²) >= 11 is 11.9. The second-order valence-corrected chi connectivity index (χ2v) is 6.02. The third-order valence-corrected chi connectivity index (χ3v) is 4.10. The van der Waals surface area contributed by atoms with Crippen molar-refractivity contribution in [2.75, 3.05) is 16.8 Å². The van der Waals surface area contributed by atoms with Crippen molar-refractivity contribution in [3.05, 3.63) is 58.1 Å². The molecule has 1 heterocycles. The van der Waals surface area contributed by atoms with Crippen LogP contribution in [0.1, 0.15) is 18.4 Å². The summed E-state index contributed by atoms with van der Waals surface area (Å²) in [6.45, 7) is 2.74. The molecule has 0 bridgehead atoms. The number of benzene rings is 2. The van der Waals surface area contributed by atoms with Gasteiger partial charge < -0.3 is 5.32 Å². The summed E-state index contributed by atoms with van der Waals surface area (Å²) in [6.07, 6.45) is 0. The van der Waals surface area contributed by atoms with Crippen molar-refractivity contribution in [3.63, 3.8) is 0 Å². The molecule has 0 spiro atoms. The summed E-state index contributed by atoms with van der Waals surface area (Å²) in [5.74, 6) is 0.273. The Morgan fingerprint density at radius 1 is 1.14 bits per heavy atom. The summed E-state index contributed by atoms with van der Waals surface area (Å²) in [5.41, 5.74) is 2.74. The lowest BCUT2D eigenvalue weighted by atomic mass is 10.0. The van der Waals surface area contributed by atoms with Gasteiger partial charge in [0.2, 0.25) is 0 Å². The Balaban J connectivity index is 1.82. The fourth-order valence-corrected chi connectivity index (χ4v) is 2.86. The number of carbonyl (C=O) groups is 1. The Morgan fingerprint density at radius 2 is 1.81 bits per heavy atom. The lowest BCUT2D eigenvalue weighted by Crippen LogP contribution is -2.33. The Hall–Kier alpha value is -1.71. The number of amides is 2. The van der Waals surface area contributed by atoms with E-state index in [2.05, 4.69) is 12.2 Å². The largest absolute Gasteiger partial charge is 0.326 e. The van der Waals surface area contributed by atoms with Crippen molar-refractivity contribution in [2.45, 2.75) is 12.8 Å². The standard InChI is InChI=1S/C16H14Cl2N2O/c1-10-9-20(15-7-4-12(18)8-14(10)15)16(21)19-13-5-2-11(17)3-6-13/h2-8,10H,9H2,1H3,(H,19,21)/t10-/m0/s1. The van der Waals surface area contributed by atoms with Gasteiger partial charge in [-0.05, 0) is 48.0 Å². The normalized spacial score (nSPS) is 16.7. The number of rotatable bonds is 1. The molecule has 0 saturated heterocycles. The molecule has 0 aliphatic carbocycles. The van der Waals surface area contributed by atoms with Gasteiger partial charge in [0, 0.05) is 33.9 Å². The predicted molar refractivity (Wildman–Crippen MR) is 87.7 cm³/mol. The molecule has 2 aromatic rings. The average Bonchev–Trinajstić information content (AvgIpc) is 2.78. The highest BCUT2D eigenvalue weighted by Gasteiger charge is 2.29. The lowest BCUT2D eigenvalue weighted by Gasteiger charge is -2.18. The molecule has 1 aliphatic rings. The van der Waals surface area contributed by atoms with E-state index in [0.717, 1.165) is 16.9 Å². The number of hydrogen-bond donors (Lipinski definition) is 1. The molecule has 2 amide bonds. The molecule has 0 radical (unpaired) electrons. The van der Waals surface area contributed by atoms with E-state index in [1.165, 1.54) is 0 Å². The number of urea groups is 1. The zero-order chi connectivity index (χ0) is 15.0. The van der Waals surface area contributed by atoms with Gasteiger partial charge in [-0.25, -0.2) is 4.79 Å². The van der Waals surface area contributed by atoms with E-state index in [-0.39, 0.29) is 11.9 Å². The van der Waals surface area contributed by atoms with Crippen molar-refractivity contribution < 1.29 is 4.79 Å². The van der Waals surface area contributed by atoms with Crippen molar-refractivity contribution in [1.82, 2.24) is 0 Å². The number of halogens is 2. The van der Waals surface area contributed by atoms with E-state index in [1.54, 1.807) is 35.2 Å². The first kappa shape index (κ1) is 14.2. The van der Waals surface area contributed by atoms with Gasteiger partial charge in [0.25, 0.3) is 0 Å². The monoisotopic (exact) mass is 320 g/mol. The van der Waals surface area contributed by atoms with Gasteiger partial charge in [-0.15, -0.1) is 0 Å². The van der Waals surface area contributed by atoms with Crippen LogP contribution in [0.15, 0.2) is 42.5 Å². The third kappa shape index (κ3) is 2.85. The van der Waals surface area contributed by atoms with Gasteiger partial charge in [-0.1, -0.05) is 30.1 Å². The number of hydrogen-bond acceptors (Lipinski definition) is 1. The van der Waals surface area contributed by atoms with Gasteiger partial charge in [0.1, 0.15) is 0 Å². The maximum absolute atomic E-state index is 12.4. The van der Waals surface area contributed by atoms with Crippen molar-refractivity contribution in [3.8, 4) is 0 Å². The maximum atomic E-state index is 12.4. The van der Waals surface area contributed by atoms with Crippen LogP contribution in [0.25, 0.3) is 0 Å². The van der Waals surface area contributed by atoms with Crippen LogP contribution < -0.4 is 10.2 Å². The number of carbonyl (C=O) groups excluding carboxylic acids is 1. The molecule has 1 N–H and O–H groups in total. The molecule has 1 aliphatic heterocycles. The van der Waals surface area contributed by atoms with E-state index in [0.29, 0.717) is 16.6 Å². The average molecular weight is 321 g/mol. The fourth-order valence-electron chi connectivity index (χ4n) is 2.55. The quantitative estimate of drug-likeness (QED) is 0.774. The Kier molecular flexibility index (Phi) is 3.79. The third-order valence-electron chi connectivity index (χ3n) is 3.61. The molecule has 108 valence electrons. The van der Waals surface area contributed by atoms with Gasteiger partial charge >= 0.3 is 6.03 Å². The number of nitrogens with one attached hydrogen (secondary N) is 1. The Morgan fingerprint density at radius 3 is 2.52 bits per heavy atom. The summed E-state index contributed by atoms with van der Waals surface area (Å²) in [6, 6.07) is 12.5. The molecule has 0 saturated carbocycles. The van der Waals surface area contributed by atoms with E-state index < -0.39 is 0 Å². The second kappa shape index (κ2) is 5.58. The molecule has 1 atom stereocenters. The molecular weight excluding hydrogens is 307 g/mol. The molecule has 0 unspecified atom stereocenters. The second-order valence-electron chi connectivity index (χ2n) is 5.15. The maximum Gasteiger partial charge on any atom is 0.326 e. The first-order valence-corrected chi connectivity index (χ1v) is 7.44. The molecule has 3 rings (SSSR count). The van der Waals surface area contributed by atoms with Crippen molar-refractivity contribution >= 4 is 40.6 Å². The van der Waals surface area contributed by atoms with Crippen LogP contribution in [-0.4, -0.2) is 12.6 Å². The smallest absolute Gasteiger partial charge is 0.308 e. The first-order valence-electron chi connectivity index (χ1n) is 6.68. The van der Waals surface area contributed by atoms with Crippen molar-refractivity contribution in [2.24, 2.45) is 0 Å². The predicted octanol–water partition coefficient (Wildman–Crippen LogP) is 5.15. The molecular formula is C16H14Cl2N2O. The van der Waals surface area contributed by atoms with E-state index in [4.69, 9.17) is 23.2 Å². The van der Waals surface area contributed by atoms with Crippen molar-refractivity contribution in [1.29, 1.82) is 0 Å². The highest BCUT2D eigenvalue weighted by Crippen LogP contribution is 2.37. The Bertz CT molecular complexity index is 685. The summed E-state index contributed by atoms with van der Waals surface area (Å²) < 4.78 is 0. The molecule has 3 nitrogen and oxygen atoms in total. The van der Waals surface area contributed by atoms with Crippen LogP contribution in [-0.2, 0) is 0 Å². The highest BCUT2D eigenvalue weighted by atomic mass is 35.5. The lowest BCUT2D eigenvalue weighted by molar-refractivity contribution is 0.257. The SMILES string of the molecule is C[C@H]1CN(C(=O)Nc2ccc(Cl)cc2)c2ccc(Cl)cc21. The zero-order valence-electron chi connectivity index (χ0n) is 11.4. The highest BCUT2D eigenvalue weighted by molar-refractivity contribution is 6.31. The zero-order valence-corrected chi connectivity index (χ0v) is 12.9. The van der Waals surface area contributed by atoms with E-state index in [9.17, 15) is 4.79 Å². The first-order chi connectivity index (χ1) is 10.0. The van der Waals surface area contributed by atoms with Crippen LogP contribution in [0.2, 0.25) is 10.0 Å². The minimum atomic E-state index is -0.148. The summed E-state index contributed by atoms with van der Waals surface area (Å²) in [5, 5.41) is 4.22. The molecule has 0 fully saturated rings. The van der Waals surface area contributed by atoms with Gasteiger partial charge in [-0.3, -0.25) is 4.90 Å². The van der Waals surface area contributed by atoms with Crippen LogP contribution in [0.4, 0.5) is 16.2 Å². The summed E-state index contributed by atoms with van der Waals surface area (Å²) in [4.78, 5) is 14.2. The number of anilines is 2. The van der Waals surface area contributed by atoms with Gasteiger partial charge in [0.05, 0.1) is 0 Å². The molecule has 0 aromatic heterocycles. The van der Waals surface area contributed by atoms with E-state index >= 15 is 0 Å². The molecule has 2 aromatic carbocycles. The Labute approximate surface area is 133 Å². The summed E-state index contributed by atoms with van der Waals surface area (Å²) in [7, 11) is 0. The van der Waals surface area contributed by atoms with Crippen LogP contribution in [0.3, 0.4) is 0 Å². The van der Waals surface area contributed by atoms with Crippen LogP contribution >= 0.6 is 23.2 Å². The minimum Gasteiger partial charge on any atom is -0.308 e. The fraction of sp³-hybridized carbons (Fsp3) is 0.188. The van der Waals surface area contributed by atoms with Gasteiger partial charge in [-0.2, -0.15) is 0 Å². The van der Waals surface area contributed by atoms with Crippen LogP contribution in [0, 0.1) is 0 Å². The van der Waals surface area contributed by atoms with Crippen LogP contribution in [0.5, 0.6) is 0 Å². The molecule has 21 heavy (non-hydrogen) atoms.